The molecule has 0 bridgehead atoms. The fourth-order valence-electron chi connectivity index (χ4n) is 10.8. The summed E-state index contributed by atoms with van der Waals surface area (Å²) in [6, 6.07) is 0. The molecule has 0 fully saturated rings. The van der Waals surface area contributed by atoms with Crippen LogP contribution < -0.4 is 5.11 Å². The van der Waals surface area contributed by atoms with Gasteiger partial charge in [0.15, 0.2) is 12.4 Å². The number of carboxylic acid groups (broad SMARTS) is 1. The second-order valence-electron chi connectivity index (χ2n) is 27.2. The van der Waals surface area contributed by atoms with Crippen LogP contribution in [0.1, 0.15) is 322 Å². The minimum absolute atomic E-state index is 0.143. The van der Waals surface area contributed by atoms with Crippen molar-refractivity contribution in [2.45, 2.75) is 334 Å². The molecule has 0 heterocycles. The summed E-state index contributed by atoms with van der Waals surface area (Å²) in [7, 11) is 5.94. The van der Waals surface area contributed by atoms with Gasteiger partial charge in [0.2, 0.25) is 0 Å². The van der Waals surface area contributed by atoms with E-state index in [4.69, 9.17) is 18.9 Å². The summed E-state index contributed by atoms with van der Waals surface area (Å²) in [4.78, 5) is 37.6. The van der Waals surface area contributed by atoms with Crippen molar-refractivity contribution in [2.75, 3.05) is 47.5 Å². The van der Waals surface area contributed by atoms with Gasteiger partial charge in [-0.05, 0) is 122 Å². The molecule has 0 saturated heterocycles. The van der Waals surface area contributed by atoms with E-state index in [2.05, 4.69) is 172 Å². The van der Waals surface area contributed by atoms with Gasteiger partial charge in [-0.2, -0.15) is 0 Å². The number of unbranched alkanes of at least 4 members (excludes halogenated alkanes) is 31. The van der Waals surface area contributed by atoms with Crippen LogP contribution in [0.4, 0.5) is 0 Å². The Morgan fingerprint density at radius 3 is 0.825 bits per heavy atom. The van der Waals surface area contributed by atoms with Crippen LogP contribution in [0.5, 0.6) is 0 Å². The third-order valence-electron chi connectivity index (χ3n) is 16.8. The second-order valence-corrected chi connectivity index (χ2v) is 27.2. The van der Waals surface area contributed by atoms with Crippen LogP contribution in [0.2, 0.25) is 0 Å². The maximum Gasteiger partial charge on any atom is 0.306 e. The van der Waals surface area contributed by atoms with Gasteiger partial charge in [-0.1, -0.05) is 345 Å². The van der Waals surface area contributed by atoms with E-state index in [0.29, 0.717) is 17.4 Å². The summed E-state index contributed by atoms with van der Waals surface area (Å²) in [5.74, 6) is -2.28. The van der Waals surface area contributed by atoms with Gasteiger partial charge in [-0.3, -0.25) is 9.59 Å². The molecule has 0 N–H and O–H groups in total. The quantitative estimate of drug-likeness (QED) is 0.0195. The Hall–Kier alpha value is -5.09. The van der Waals surface area contributed by atoms with E-state index in [9.17, 15) is 19.5 Å². The lowest BCUT2D eigenvalue weighted by molar-refractivity contribution is -0.870. The first-order chi connectivity index (χ1) is 47.6. The number of hydrogen-bond donors (Lipinski definition) is 0. The Labute approximate surface area is 597 Å². The van der Waals surface area contributed by atoms with Crippen molar-refractivity contribution in [3.8, 4) is 0 Å². The minimum Gasteiger partial charge on any atom is -0.545 e. The Morgan fingerprint density at radius 1 is 0.309 bits per heavy atom. The number of allylic oxidation sites excluding steroid dienone is 26. The maximum atomic E-state index is 13.0. The van der Waals surface area contributed by atoms with Crippen LogP contribution in [0.25, 0.3) is 0 Å². The van der Waals surface area contributed by atoms with E-state index in [1.165, 1.54) is 167 Å². The van der Waals surface area contributed by atoms with Crippen molar-refractivity contribution < 1.29 is 42.9 Å². The minimum atomic E-state index is -1.63. The predicted octanol–water partition coefficient (Wildman–Crippen LogP) is 24.3. The van der Waals surface area contributed by atoms with Crippen molar-refractivity contribution in [3.63, 3.8) is 0 Å². The van der Waals surface area contributed by atoms with E-state index in [-0.39, 0.29) is 38.6 Å². The van der Waals surface area contributed by atoms with Crippen molar-refractivity contribution in [2.24, 2.45) is 0 Å². The molecule has 9 nitrogen and oxygen atoms in total. The molecule has 0 aromatic carbocycles. The van der Waals surface area contributed by atoms with Gasteiger partial charge >= 0.3 is 11.9 Å². The molecule has 0 aromatic rings. The zero-order valence-corrected chi connectivity index (χ0v) is 63.1. The van der Waals surface area contributed by atoms with E-state index in [0.717, 1.165) is 122 Å². The van der Waals surface area contributed by atoms with Crippen LogP contribution in [0.15, 0.2) is 158 Å². The highest BCUT2D eigenvalue weighted by Crippen LogP contribution is 2.18. The van der Waals surface area contributed by atoms with E-state index in [1.807, 2.05) is 21.1 Å². The molecule has 0 aliphatic rings. The van der Waals surface area contributed by atoms with Gasteiger partial charge in [0, 0.05) is 12.8 Å². The SMILES string of the molecule is CC/C=C\C/C=C\C/C=C\C/C=C\C/C=C\C/C=C\C/C=C\CCCCCCCCCCCCCCCCCC(=O)OC(COC(=O)CCCCCCCCCCCCCCCCCC/C=C\C/C=C\C/C=C\C/C=C\C/C=C\C/C=C\CC)COC(OCC[N+](C)(C)C)C(=O)[O-]. The number of ether oxygens (including phenoxy) is 4. The molecule has 0 aliphatic heterocycles. The van der Waals surface area contributed by atoms with Gasteiger partial charge < -0.3 is 33.3 Å². The van der Waals surface area contributed by atoms with Crippen LogP contribution in [0.3, 0.4) is 0 Å². The highest BCUT2D eigenvalue weighted by molar-refractivity contribution is 5.70. The largest absolute Gasteiger partial charge is 0.545 e. The molecule has 0 amide bonds. The number of nitrogens with zero attached hydrogens (tertiary/aromatic N) is 1. The number of likely N-dealkylation sites (N-methyl/N-ethyl adjacent to an activating group) is 1. The summed E-state index contributed by atoms with van der Waals surface area (Å²) in [6.07, 6.45) is 111. The van der Waals surface area contributed by atoms with E-state index in [1.54, 1.807) is 0 Å². The first kappa shape index (κ1) is 91.9. The van der Waals surface area contributed by atoms with Gasteiger partial charge in [-0.25, -0.2) is 0 Å². The van der Waals surface area contributed by atoms with Gasteiger partial charge in [0.25, 0.3) is 0 Å². The molecule has 0 aromatic heterocycles. The zero-order valence-electron chi connectivity index (χ0n) is 63.1. The average molecular weight is 1350 g/mol. The molecule has 0 rings (SSSR count). The summed E-state index contributed by atoms with van der Waals surface area (Å²) in [6.45, 7) is 4.54. The fraction of sp³-hybridized carbons (Fsp3) is 0.670. The lowest BCUT2D eigenvalue weighted by Crippen LogP contribution is -2.44. The normalized spacial score (nSPS) is 13.5. The molecule has 2 atom stereocenters. The van der Waals surface area contributed by atoms with Crippen molar-refractivity contribution >= 4 is 17.9 Å². The topological polar surface area (TPSA) is 111 Å². The molecule has 2 unspecified atom stereocenters. The highest BCUT2D eigenvalue weighted by Gasteiger charge is 2.22. The lowest BCUT2D eigenvalue weighted by atomic mass is 10.0. The van der Waals surface area contributed by atoms with Gasteiger partial charge in [-0.15, -0.1) is 0 Å². The average Bonchev–Trinajstić information content (AvgIpc) is 3.11. The standard InChI is InChI=1S/C88H147NO8/c1-6-8-10-12-14-16-18-20-22-24-26-28-30-32-34-36-38-40-42-43-45-47-49-51-53-55-57-59-61-63-65-67-69-71-73-75-77-79-86(91)97-84(83-96-88(87(92)93)94-81-80-89(3,4)5)82-95-85(90)78-76-74-72-70-68-66-64-62-60-58-56-54-52-50-48-46-44-41-39-37-35-33-31-29-27-25-23-21-19-17-15-13-11-9-7-2/h8-11,14-17,20-23,26-29,32-35,38-41,43,45,84,88H,6-7,12-13,18-19,24-25,30-31,36-37,42,44,46-83H2,1-5H3/b10-8-,11-9-,16-14-,17-15-,22-20-,23-21-,28-26-,29-27-,34-32-,35-33-,40-38-,41-39-,45-43-. The molecular formula is C88H147NO8. The first-order valence-electron chi connectivity index (χ1n) is 39.6. The number of quaternary nitrogens is 1. The van der Waals surface area contributed by atoms with Crippen molar-refractivity contribution in [3.05, 3.63) is 158 Å². The number of aliphatic carboxylic acids is 1. The van der Waals surface area contributed by atoms with Crippen molar-refractivity contribution in [1.29, 1.82) is 0 Å². The number of rotatable bonds is 72. The predicted molar refractivity (Wildman–Crippen MR) is 416 cm³/mol. The number of esters is 2. The third kappa shape index (κ3) is 78.1. The van der Waals surface area contributed by atoms with Crippen LogP contribution in [0, 0.1) is 0 Å². The Morgan fingerprint density at radius 2 is 0.557 bits per heavy atom. The summed E-state index contributed by atoms with van der Waals surface area (Å²) in [5, 5.41) is 11.9. The van der Waals surface area contributed by atoms with Crippen LogP contribution in [-0.4, -0.2) is 82.3 Å². The molecule has 0 saturated carbocycles. The fourth-order valence-corrected chi connectivity index (χ4v) is 10.8. The summed E-state index contributed by atoms with van der Waals surface area (Å²) < 4.78 is 22.9. The first-order valence-corrected chi connectivity index (χ1v) is 39.6. The van der Waals surface area contributed by atoms with Gasteiger partial charge in [0.1, 0.15) is 13.2 Å². The molecular weight excluding hydrogens is 1200 g/mol. The van der Waals surface area contributed by atoms with Crippen LogP contribution in [-0.2, 0) is 33.3 Å². The molecule has 552 valence electrons. The summed E-state index contributed by atoms with van der Waals surface area (Å²) in [5.41, 5.74) is 0. The highest BCUT2D eigenvalue weighted by atomic mass is 16.7. The molecule has 0 spiro atoms. The number of carboxylic acids is 1. The van der Waals surface area contributed by atoms with Gasteiger partial charge in [0.05, 0.1) is 40.3 Å². The van der Waals surface area contributed by atoms with Crippen molar-refractivity contribution in [1.82, 2.24) is 0 Å². The molecule has 0 radical (unpaired) electrons. The summed E-state index contributed by atoms with van der Waals surface area (Å²) >= 11 is 0. The Bertz CT molecular complexity index is 2160. The second kappa shape index (κ2) is 76.7. The third-order valence-corrected chi connectivity index (χ3v) is 16.8. The van der Waals surface area contributed by atoms with E-state index >= 15 is 0 Å². The monoisotopic (exact) mass is 1350 g/mol. The smallest absolute Gasteiger partial charge is 0.306 e. The number of carbonyl (C=O) groups is 3. The Kier molecular flexibility index (Phi) is 72.6. The zero-order chi connectivity index (χ0) is 70.4. The Balaban J connectivity index is 4.06. The molecule has 0 aliphatic carbocycles. The lowest BCUT2D eigenvalue weighted by Gasteiger charge is -2.26. The number of hydrogen-bond acceptors (Lipinski definition) is 8. The van der Waals surface area contributed by atoms with E-state index < -0.39 is 24.3 Å². The number of carbonyl (C=O) groups excluding carboxylic acids is 3. The van der Waals surface area contributed by atoms with Crippen LogP contribution >= 0.6 is 0 Å². The molecule has 9 heteroatoms. The molecule has 97 heavy (non-hydrogen) atoms. The maximum absolute atomic E-state index is 13.0.